The summed E-state index contributed by atoms with van der Waals surface area (Å²) in [5.74, 6) is 0.154. The topological polar surface area (TPSA) is 93.9 Å². The number of pyridine rings is 2. The van der Waals surface area contributed by atoms with Gasteiger partial charge >= 0.3 is 5.97 Å². The number of nitrogens with zero attached hydrogens (tertiary/aromatic N) is 3. The number of hydrogen-bond acceptors (Lipinski definition) is 7. The molecule has 3 aromatic rings. The van der Waals surface area contributed by atoms with Crippen molar-refractivity contribution in [3.8, 4) is 17.1 Å². The lowest BCUT2D eigenvalue weighted by molar-refractivity contribution is -0.174. The number of benzene rings is 1. The van der Waals surface area contributed by atoms with E-state index < -0.39 is 11.6 Å². The lowest BCUT2D eigenvalue weighted by Gasteiger charge is -2.34. The molecule has 0 bridgehead atoms. The van der Waals surface area contributed by atoms with E-state index >= 15 is 0 Å². The van der Waals surface area contributed by atoms with E-state index in [0.29, 0.717) is 22.5 Å². The molecule has 0 spiro atoms. The van der Waals surface area contributed by atoms with Gasteiger partial charge in [0.2, 0.25) is 0 Å². The molecule has 0 radical (unpaired) electrons. The van der Waals surface area contributed by atoms with Crippen molar-refractivity contribution in [2.45, 2.75) is 72.3 Å². The van der Waals surface area contributed by atoms with Crippen LogP contribution in [-0.4, -0.2) is 46.2 Å². The van der Waals surface area contributed by atoms with E-state index in [-0.39, 0.29) is 36.6 Å². The molecule has 1 N–H and O–H groups in total. The summed E-state index contributed by atoms with van der Waals surface area (Å²) >= 11 is 0. The molecule has 1 aromatic carbocycles. The van der Waals surface area contributed by atoms with Crippen LogP contribution in [0, 0.1) is 12.8 Å². The lowest BCUT2D eigenvalue weighted by atomic mass is 9.82. The normalized spacial score (nSPS) is 20.9. The predicted molar refractivity (Wildman–Crippen MR) is 146 cm³/mol. The molecule has 2 aromatic heterocycles. The number of carbonyl (C=O) groups excluding carboxylic acids is 1. The van der Waals surface area contributed by atoms with Gasteiger partial charge in [-0.1, -0.05) is 20.8 Å². The second-order valence-corrected chi connectivity index (χ2v) is 11.2. The molecule has 8 nitrogen and oxygen atoms in total. The minimum absolute atomic E-state index is 0.0161. The zero-order valence-electron chi connectivity index (χ0n) is 23.5. The van der Waals surface area contributed by atoms with E-state index in [1.165, 1.54) is 0 Å². The van der Waals surface area contributed by atoms with Crippen LogP contribution in [0.1, 0.15) is 80.9 Å². The molecule has 0 aliphatic carbocycles. The third-order valence-electron chi connectivity index (χ3n) is 8.37. The minimum atomic E-state index is -1.86. The van der Waals surface area contributed by atoms with Crippen molar-refractivity contribution in [1.29, 1.82) is 0 Å². The van der Waals surface area contributed by atoms with E-state index in [9.17, 15) is 14.7 Å². The Morgan fingerprint density at radius 2 is 1.97 bits per heavy atom. The van der Waals surface area contributed by atoms with Crippen LogP contribution in [0.15, 0.2) is 23.0 Å². The van der Waals surface area contributed by atoms with E-state index in [1.54, 1.807) is 17.7 Å². The maximum atomic E-state index is 13.8. The van der Waals surface area contributed by atoms with Crippen LogP contribution >= 0.6 is 0 Å². The van der Waals surface area contributed by atoms with E-state index in [1.807, 2.05) is 33.8 Å². The third kappa shape index (κ3) is 3.68. The van der Waals surface area contributed by atoms with Gasteiger partial charge in [0.15, 0.2) is 5.60 Å². The van der Waals surface area contributed by atoms with Crippen molar-refractivity contribution in [1.82, 2.24) is 14.5 Å². The second kappa shape index (κ2) is 9.20. The largest absolute Gasteiger partial charge is 0.496 e. The molecule has 0 saturated carbocycles. The van der Waals surface area contributed by atoms with Crippen molar-refractivity contribution in [3.05, 3.63) is 56.4 Å². The summed E-state index contributed by atoms with van der Waals surface area (Å²) in [4.78, 5) is 34.0. The highest BCUT2D eigenvalue weighted by Crippen LogP contribution is 2.45. The summed E-state index contributed by atoms with van der Waals surface area (Å²) in [6.45, 7) is 12.9. The zero-order valence-corrected chi connectivity index (χ0v) is 23.5. The van der Waals surface area contributed by atoms with E-state index in [4.69, 9.17) is 14.5 Å². The molecule has 2 aliphatic rings. The fourth-order valence-electron chi connectivity index (χ4n) is 6.21. The Labute approximate surface area is 223 Å². The fourth-order valence-corrected chi connectivity index (χ4v) is 6.21. The number of esters is 1. The van der Waals surface area contributed by atoms with Crippen LogP contribution in [0.4, 0.5) is 0 Å². The maximum Gasteiger partial charge on any atom is 0.343 e. The Kier molecular flexibility index (Phi) is 6.39. The first-order chi connectivity index (χ1) is 17.9. The van der Waals surface area contributed by atoms with E-state index in [0.717, 1.165) is 39.9 Å². The number of carbonyl (C=O) groups is 1. The summed E-state index contributed by atoms with van der Waals surface area (Å²) in [5.41, 5.74) is 3.66. The Hall–Kier alpha value is -3.23. The van der Waals surface area contributed by atoms with Crippen LogP contribution in [0.5, 0.6) is 5.75 Å². The predicted octanol–water partition coefficient (Wildman–Crippen LogP) is 4.61. The van der Waals surface area contributed by atoms with Crippen molar-refractivity contribution >= 4 is 16.9 Å². The number of aryl methyl sites for hydroxylation is 1. The Balaban J connectivity index is 1.79. The first kappa shape index (κ1) is 26.4. The summed E-state index contributed by atoms with van der Waals surface area (Å²) in [7, 11) is 3.78. The van der Waals surface area contributed by atoms with E-state index in [2.05, 4.69) is 31.9 Å². The monoisotopic (exact) mass is 519 g/mol. The van der Waals surface area contributed by atoms with Gasteiger partial charge in [0.05, 0.1) is 35.6 Å². The highest BCUT2D eigenvalue weighted by atomic mass is 16.6. The van der Waals surface area contributed by atoms with Crippen LogP contribution in [0.2, 0.25) is 0 Å². The molecule has 0 saturated heterocycles. The molecule has 2 unspecified atom stereocenters. The quantitative estimate of drug-likeness (QED) is 0.476. The number of aliphatic hydroxyl groups is 1. The molecule has 0 amide bonds. The Morgan fingerprint density at radius 3 is 2.61 bits per heavy atom. The summed E-state index contributed by atoms with van der Waals surface area (Å²) in [5, 5.41) is 12.5. The van der Waals surface area contributed by atoms with Gasteiger partial charge in [0, 0.05) is 28.1 Å². The van der Waals surface area contributed by atoms with Crippen LogP contribution in [0.3, 0.4) is 0 Å². The van der Waals surface area contributed by atoms with Crippen LogP contribution < -0.4 is 10.3 Å². The van der Waals surface area contributed by atoms with Crippen molar-refractivity contribution in [3.63, 3.8) is 0 Å². The SMILES string of the molecule is CCN(C)C(C)c1c(OC)c(C)cc2nc3c(cc12)C(C)n1c-3cc2c(c1=O)COC(=O)[C@]2(O)CC(C)C. The number of cyclic esters (lactones) is 1. The van der Waals surface area contributed by atoms with Gasteiger partial charge in [-0.15, -0.1) is 0 Å². The molecule has 0 fully saturated rings. The summed E-state index contributed by atoms with van der Waals surface area (Å²) < 4.78 is 12.9. The molecular weight excluding hydrogens is 482 g/mol. The van der Waals surface area contributed by atoms with Crippen molar-refractivity contribution in [2.24, 2.45) is 5.92 Å². The maximum absolute atomic E-state index is 13.8. The summed E-state index contributed by atoms with van der Waals surface area (Å²) in [6, 6.07) is 5.75. The Morgan fingerprint density at radius 1 is 1.26 bits per heavy atom. The van der Waals surface area contributed by atoms with Gasteiger partial charge in [-0.05, 0) is 70.5 Å². The standard InChI is InChI=1S/C30H37N3O5/c1-9-32(7)18(6)25-20-11-19-17(5)33-24(26(19)31-23(20)10-16(4)27(25)37-8)12-22-21(28(33)34)14-38-29(35)30(22,36)13-15(2)3/h10-12,15,17-18,36H,9,13-14H2,1-8H3/t17?,18?,30-/m0/s1. The zero-order chi connectivity index (χ0) is 27.7. The molecule has 202 valence electrons. The Bertz CT molecular complexity index is 1530. The van der Waals surface area contributed by atoms with Gasteiger partial charge in [0.25, 0.3) is 5.56 Å². The molecule has 8 heteroatoms. The van der Waals surface area contributed by atoms with Gasteiger partial charge in [-0.25, -0.2) is 9.78 Å². The minimum Gasteiger partial charge on any atom is -0.496 e. The second-order valence-electron chi connectivity index (χ2n) is 11.2. The first-order valence-electron chi connectivity index (χ1n) is 13.4. The first-order valence-corrected chi connectivity index (χ1v) is 13.4. The highest BCUT2D eigenvalue weighted by molar-refractivity contribution is 5.91. The number of methoxy groups -OCH3 is 1. The molecule has 4 heterocycles. The van der Waals surface area contributed by atoms with Crippen LogP contribution in [0.25, 0.3) is 22.3 Å². The number of hydrogen-bond donors (Lipinski definition) is 1. The van der Waals surface area contributed by atoms with Crippen LogP contribution in [-0.2, 0) is 21.7 Å². The summed E-state index contributed by atoms with van der Waals surface area (Å²) in [6.07, 6.45) is 0.167. The fraction of sp³-hybridized carbons (Fsp3) is 0.500. The average molecular weight is 520 g/mol. The molecule has 3 atom stereocenters. The van der Waals surface area contributed by atoms with Crippen molar-refractivity contribution < 1.29 is 19.4 Å². The number of rotatable bonds is 6. The molecule has 38 heavy (non-hydrogen) atoms. The number of ether oxygens (including phenoxy) is 2. The molecule has 5 rings (SSSR count). The van der Waals surface area contributed by atoms with Crippen molar-refractivity contribution in [2.75, 3.05) is 20.7 Å². The highest BCUT2D eigenvalue weighted by Gasteiger charge is 2.47. The van der Waals surface area contributed by atoms with Gasteiger partial charge in [0.1, 0.15) is 12.4 Å². The van der Waals surface area contributed by atoms with Gasteiger partial charge in [-0.3, -0.25) is 14.3 Å². The molecule has 2 aliphatic heterocycles. The van der Waals surface area contributed by atoms with Gasteiger partial charge in [-0.2, -0.15) is 0 Å². The smallest absolute Gasteiger partial charge is 0.343 e. The average Bonchev–Trinajstić information content (AvgIpc) is 3.14. The molecular formula is C30H37N3O5. The number of aromatic nitrogens is 2. The lowest BCUT2D eigenvalue weighted by Crippen LogP contribution is -2.45. The van der Waals surface area contributed by atoms with Gasteiger partial charge < -0.3 is 14.6 Å². The third-order valence-corrected chi connectivity index (χ3v) is 8.37. The number of fused-ring (bicyclic) bond motifs is 5.